The highest BCUT2D eigenvalue weighted by Crippen LogP contribution is 2.19. The van der Waals surface area contributed by atoms with E-state index in [1.54, 1.807) is 0 Å². The molecule has 0 aromatic carbocycles. The smallest absolute Gasteiger partial charge is 0.236 e. The fraction of sp³-hybridized carbons (Fsp3) is 0.917. The molecule has 94 valence electrons. The lowest BCUT2D eigenvalue weighted by molar-refractivity contribution is -0.124. The van der Waals surface area contributed by atoms with Gasteiger partial charge in [0.2, 0.25) is 5.91 Å². The number of hydrogen-bond donors (Lipinski definition) is 2. The molecule has 1 aliphatic rings. The minimum Gasteiger partial charge on any atom is -0.355 e. The van der Waals surface area contributed by atoms with Crippen LogP contribution in [0, 0.1) is 5.92 Å². The van der Waals surface area contributed by atoms with Crippen LogP contribution in [0.25, 0.3) is 0 Å². The van der Waals surface area contributed by atoms with Crippen LogP contribution < -0.4 is 10.8 Å². The minimum absolute atomic E-state index is 0.0126. The highest BCUT2D eigenvalue weighted by molar-refractivity contribution is 5.77. The van der Waals surface area contributed by atoms with Crippen LogP contribution in [0.1, 0.15) is 46.0 Å². The number of hydroxylamine groups is 1. The largest absolute Gasteiger partial charge is 0.355 e. The molecule has 1 rings (SSSR count). The summed E-state index contributed by atoms with van der Waals surface area (Å²) in [7, 11) is 0. The summed E-state index contributed by atoms with van der Waals surface area (Å²) in [4.78, 5) is 16.7. The molecule has 1 fully saturated rings. The van der Waals surface area contributed by atoms with Crippen molar-refractivity contribution in [3.8, 4) is 0 Å². The van der Waals surface area contributed by atoms with Crippen molar-refractivity contribution in [3.05, 3.63) is 0 Å². The lowest BCUT2D eigenvalue weighted by Gasteiger charge is -2.12. The van der Waals surface area contributed by atoms with E-state index in [9.17, 15) is 4.79 Å². The predicted octanol–water partition coefficient (Wildman–Crippen LogP) is 1.61. The van der Waals surface area contributed by atoms with Crippen LogP contribution in [0.15, 0.2) is 0 Å². The number of carbonyl (C=O) groups excluding carboxylic acids is 1. The van der Waals surface area contributed by atoms with E-state index in [4.69, 9.17) is 4.84 Å². The third-order valence-electron chi connectivity index (χ3n) is 2.83. The van der Waals surface area contributed by atoms with Gasteiger partial charge < -0.3 is 5.32 Å². The molecule has 0 aliphatic heterocycles. The zero-order valence-electron chi connectivity index (χ0n) is 10.4. The first kappa shape index (κ1) is 13.5. The minimum atomic E-state index is 0.0126. The van der Waals surface area contributed by atoms with E-state index >= 15 is 0 Å². The quantitative estimate of drug-likeness (QED) is 0.651. The van der Waals surface area contributed by atoms with Gasteiger partial charge >= 0.3 is 0 Å². The lowest BCUT2D eigenvalue weighted by Crippen LogP contribution is -2.36. The molecule has 16 heavy (non-hydrogen) atoms. The summed E-state index contributed by atoms with van der Waals surface area (Å²) < 4.78 is 0. The first-order valence-corrected chi connectivity index (χ1v) is 6.33. The highest BCUT2D eigenvalue weighted by atomic mass is 16.7. The van der Waals surface area contributed by atoms with Gasteiger partial charge in [-0.05, 0) is 25.2 Å². The van der Waals surface area contributed by atoms with Gasteiger partial charge in [-0.1, -0.05) is 26.7 Å². The molecule has 0 heterocycles. The van der Waals surface area contributed by atoms with E-state index in [2.05, 4.69) is 24.6 Å². The average molecular weight is 228 g/mol. The molecule has 2 N–H and O–H groups in total. The van der Waals surface area contributed by atoms with Crippen molar-refractivity contribution in [2.24, 2.45) is 5.92 Å². The summed E-state index contributed by atoms with van der Waals surface area (Å²) in [6.07, 6.45) is 6.04. The molecule has 0 aromatic rings. The summed E-state index contributed by atoms with van der Waals surface area (Å²) in [5.41, 5.74) is 2.75. The van der Waals surface area contributed by atoms with Gasteiger partial charge in [-0.3, -0.25) is 9.63 Å². The van der Waals surface area contributed by atoms with Gasteiger partial charge in [0.15, 0.2) is 0 Å². The van der Waals surface area contributed by atoms with Crippen LogP contribution in [0.4, 0.5) is 0 Å². The molecule has 1 aliphatic carbocycles. The van der Waals surface area contributed by atoms with Gasteiger partial charge in [-0.2, -0.15) is 5.48 Å². The SMILES string of the molecule is CC(C)CCNC(=O)CNOC1CCCC1. The number of carbonyl (C=O) groups is 1. The first-order valence-electron chi connectivity index (χ1n) is 6.33. The second-order valence-electron chi connectivity index (χ2n) is 4.88. The maximum atomic E-state index is 11.3. The van der Waals surface area contributed by atoms with Gasteiger partial charge in [-0.15, -0.1) is 0 Å². The van der Waals surface area contributed by atoms with Gasteiger partial charge in [0.25, 0.3) is 0 Å². The van der Waals surface area contributed by atoms with Crippen LogP contribution in [0.2, 0.25) is 0 Å². The Morgan fingerprint density at radius 1 is 1.38 bits per heavy atom. The molecule has 0 saturated heterocycles. The lowest BCUT2D eigenvalue weighted by atomic mass is 10.1. The second kappa shape index (κ2) is 7.63. The van der Waals surface area contributed by atoms with Gasteiger partial charge in [-0.25, -0.2) is 0 Å². The molecule has 0 unspecified atom stereocenters. The van der Waals surface area contributed by atoms with E-state index in [-0.39, 0.29) is 12.5 Å². The topological polar surface area (TPSA) is 50.4 Å². The summed E-state index contributed by atoms with van der Waals surface area (Å²) in [6, 6.07) is 0. The van der Waals surface area contributed by atoms with E-state index in [0.29, 0.717) is 12.0 Å². The summed E-state index contributed by atoms with van der Waals surface area (Å²) >= 11 is 0. The van der Waals surface area contributed by atoms with Gasteiger partial charge in [0.05, 0.1) is 12.6 Å². The molecular weight excluding hydrogens is 204 g/mol. The van der Waals surface area contributed by atoms with Crippen molar-refractivity contribution in [2.75, 3.05) is 13.1 Å². The van der Waals surface area contributed by atoms with Crippen molar-refractivity contribution < 1.29 is 9.63 Å². The Morgan fingerprint density at radius 2 is 2.06 bits per heavy atom. The van der Waals surface area contributed by atoms with Crippen molar-refractivity contribution in [2.45, 2.75) is 52.1 Å². The van der Waals surface area contributed by atoms with E-state index < -0.39 is 0 Å². The Morgan fingerprint density at radius 3 is 2.69 bits per heavy atom. The molecule has 0 bridgehead atoms. The summed E-state index contributed by atoms with van der Waals surface area (Å²) in [5.74, 6) is 0.640. The molecule has 0 radical (unpaired) electrons. The van der Waals surface area contributed by atoms with E-state index in [1.807, 2.05) is 0 Å². The average Bonchev–Trinajstić information content (AvgIpc) is 2.70. The van der Waals surface area contributed by atoms with Crippen molar-refractivity contribution >= 4 is 5.91 Å². The highest BCUT2D eigenvalue weighted by Gasteiger charge is 2.15. The van der Waals surface area contributed by atoms with E-state index in [1.165, 1.54) is 12.8 Å². The fourth-order valence-electron chi connectivity index (χ4n) is 1.79. The van der Waals surface area contributed by atoms with E-state index in [0.717, 1.165) is 25.8 Å². The third-order valence-corrected chi connectivity index (χ3v) is 2.83. The summed E-state index contributed by atoms with van der Waals surface area (Å²) in [6.45, 7) is 5.30. The molecule has 0 spiro atoms. The van der Waals surface area contributed by atoms with Crippen LogP contribution in [0.3, 0.4) is 0 Å². The van der Waals surface area contributed by atoms with Gasteiger partial charge in [0.1, 0.15) is 0 Å². The molecule has 0 atom stereocenters. The Balaban J connectivity index is 1.93. The Bertz CT molecular complexity index is 201. The zero-order valence-corrected chi connectivity index (χ0v) is 10.4. The van der Waals surface area contributed by atoms with Gasteiger partial charge in [0, 0.05) is 6.54 Å². The fourth-order valence-corrected chi connectivity index (χ4v) is 1.79. The molecule has 1 amide bonds. The van der Waals surface area contributed by atoms with Crippen LogP contribution >= 0.6 is 0 Å². The number of hydrogen-bond acceptors (Lipinski definition) is 3. The summed E-state index contributed by atoms with van der Waals surface area (Å²) in [5, 5.41) is 2.86. The Kier molecular flexibility index (Phi) is 6.42. The maximum absolute atomic E-state index is 11.3. The third kappa shape index (κ3) is 6.08. The molecule has 0 aromatic heterocycles. The Labute approximate surface area is 98.1 Å². The molecule has 4 nitrogen and oxygen atoms in total. The standard InChI is InChI=1S/C12H24N2O2/c1-10(2)7-8-13-12(15)9-14-16-11-5-3-4-6-11/h10-11,14H,3-9H2,1-2H3,(H,13,15). The normalized spacial score (nSPS) is 16.9. The van der Waals surface area contributed by atoms with Crippen molar-refractivity contribution in [1.82, 2.24) is 10.8 Å². The maximum Gasteiger partial charge on any atom is 0.236 e. The monoisotopic (exact) mass is 228 g/mol. The zero-order chi connectivity index (χ0) is 11.8. The first-order chi connectivity index (χ1) is 7.68. The van der Waals surface area contributed by atoms with Crippen molar-refractivity contribution in [1.29, 1.82) is 0 Å². The second-order valence-corrected chi connectivity index (χ2v) is 4.88. The predicted molar refractivity (Wildman–Crippen MR) is 63.8 cm³/mol. The van der Waals surface area contributed by atoms with Crippen LogP contribution in [-0.4, -0.2) is 25.1 Å². The van der Waals surface area contributed by atoms with Crippen LogP contribution in [0.5, 0.6) is 0 Å². The molecule has 4 heteroatoms. The number of amides is 1. The number of nitrogens with one attached hydrogen (secondary N) is 2. The molecule has 1 saturated carbocycles. The van der Waals surface area contributed by atoms with Crippen molar-refractivity contribution in [3.63, 3.8) is 0 Å². The Hall–Kier alpha value is -0.610. The number of rotatable bonds is 7. The molecular formula is C12H24N2O2. The van der Waals surface area contributed by atoms with Crippen LogP contribution in [-0.2, 0) is 9.63 Å².